The lowest BCUT2D eigenvalue weighted by Crippen LogP contribution is -2.13. The van der Waals surface area contributed by atoms with Crippen molar-refractivity contribution < 1.29 is 13.9 Å². The molecule has 4 heteroatoms. The molecule has 0 saturated carbocycles. The van der Waals surface area contributed by atoms with Crippen molar-refractivity contribution in [1.29, 1.82) is 0 Å². The molecule has 18 heavy (non-hydrogen) atoms. The van der Waals surface area contributed by atoms with Gasteiger partial charge in [-0.05, 0) is 31.5 Å². The van der Waals surface area contributed by atoms with Gasteiger partial charge in [-0.3, -0.25) is 0 Å². The van der Waals surface area contributed by atoms with Gasteiger partial charge in [0.15, 0.2) is 0 Å². The van der Waals surface area contributed by atoms with Gasteiger partial charge in [0, 0.05) is 11.5 Å². The van der Waals surface area contributed by atoms with Gasteiger partial charge in [0.05, 0.1) is 11.7 Å². The maximum atomic E-state index is 11.8. The molecular weight excluding hydrogens is 232 g/mol. The van der Waals surface area contributed by atoms with Crippen molar-refractivity contribution in [2.45, 2.75) is 26.4 Å². The molecule has 0 aliphatic rings. The molecule has 1 unspecified atom stereocenters. The van der Waals surface area contributed by atoms with Crippen LogP contribution in [0.25, 0.3) is 11.0 Å². The first-order valence-corrected chi connectivity index (χ1v) is 5.85. The first-order chi connectivity index (χ1) is 8.60. The van der Waals surface area contributed by atoms with E-state index in [4.69, 9.17) is 9.15 Å². The number of carbonyl (C=O) groups is 1. The summed E-state index contributed by atoms with van der Waals surface area (Å²) in [5.74, 6) is -0.405. The largest absolute Gasteiger partial charge is 0.459 e. The lowest BCUT2D eigenvalue weighted by Gasteiger charge is -2.10. The van der Waals surface area contributed by atoms with E-state index in [2.05, 4.69) is 0 Å². The summed E-state index contributed by atoms with van der Waals surface area (Å²) in [5, 5.41) is 0.773. The molecule has 1 aromatic carbocycles. The highest BCUT2D eigenvalue weighted by Crippen LogP contribution is 2.15. The van der Waals surface area contributed by atoms with Crippen molar-refractivity contribution in [3.05, 3.63) is 46.3 Å². The highest BCUT2D eigenvalue weighted by atomic mass is 16.5. The van der Waals surface area contributed by atoms with Gasteiger partial charge in [0.2, 0.25) is 0 Å². The van der Waals surface area contributed by atoms with Gasteiger partial charge < -0.3 is 9.15 Å². The van der Waals surface area contributed by atoms with E-state index in [0.29, 0.717) is 11.1 Å². The molecule has 4 nitrogen and oxygen atoms in total. The molecule has 1 atom stereocenters. The van der Waals surface area contributed by atoms with Crippen molar-refractivity contribution in [2.75, 3.05) is 0 Å². The summed E-state index contributed by atoms with van der Waals surface area (Å²) in [6, 6.07) is 7.92. The third kappa shape index (κ3) is 2.59. The summed E-state index contributed by atoms with van der Waals surface area (Å²) in [5.41, 5.74) is 0.341. The Bertz CT molecular complexity index is 627. The van der Waals surface area contributed by atoms with Gasteiger partial charge in [0.25, 0.3) is 0 Å². The summed E-state index contributed by atoms with van der Waals surface area (Å²) in [4.78, 5) is 22.9. The lowest BCUT2D eigenvalue weighted by atomic mass is 10.1. The molecule has 0 bridgehead atoms. The van der Waals surface area contributed by atoms with Crippen molar-refractivity contribution in [3.8, 4) is 0 Å². The number of esters is 1. The molecule has 0 aliphatic carbocycles. The van der Waals surface area contributed by atoms with Crippen LogP contribution in [0, 0.1) is 0 Å². The number of benzene rings is 1. The highest BCUT2D eigenvalue weighted by Gasteiger charge is 2.11. The lowest BCUT2D eigenvalue weighted by molar-refractivity contribution is 0.0334. The zero-order valence-electron chi connectivity index (χ0n) is 10.3. The van der Waals surface area contributed by atoms with Crippen LogP contribution in [0.1, 0.15) is 30.6 Å². The molecule has 0 radical (unpaired) electrons. The number of ether oxygens (including phenoxy) is 1. The average molecular weight is 246 g/mol. The van der Waals surface area contributed by atoms with Crippen LogP contribution in [0.15, 0.2) is 39.5 Å². The molecule has 2 rings (SSSR count). The Morgan fingerprint density at radius 2 is 2.06 bits per heavy atom. The summed E-state index contributed by atoms with van der Waals surface area (Å²) >= 11 is 0. The zero-order valence-corrected chi connectivity index (χ0v) is 10.3. The Morgan fingerprint density at radius 1 is 1.33 bits per heavy atom. The molecule has 0 spiro atoms. The van der Waals surface area contributed by atoms with Crippen molar-refractivity contribution in [1.82, 2.24) is 0 Å². The fourth-order valence-corrected chi connectivity index (χ4v) is 1.52. The van der Waals surface area contributed by atoms with E-state index in [1.165, 1.54) is 12.1 Å². The summed E-state index contributed by atoms with van der Waals surface area (Å²) in [6.45, 7) is 3.77. The van der Waals surface area contributed by atoms with Crippen LogP contribution in [-0.2, 0) is 4.74 Å². The first-order valence-electron chi connectivity index (χ1n) is 5.85. The maximum Gasteiger partial charge on any atom is 0.338 e. The number of hydrogen-bond donors (Lipinski definition) is 0. The predicted octanol–water partition coefficient (Wildman–Crippen LogP) is 2.75. The fourth-order valence-electron chi connectivity index (χ4n) is 1.52. The van der Waals surface area contributed by atoms with Crippen LogP contribution >= 0.6 is 0 Å². The van der Waals surface area contributed by atoms with E-state index in [9.17, 15) is 9.59 Å². The van der Waals surface area contributed by atoms with Gasteiger partial charge in [-0.2, -0.15) is 0 Å². The SMILES string of the molecule is CCC(C)OC(=O)c1ccc2ccc(=O)oc2c1. The monoisotopic (exact) mass is 246 g/mol. The highest BCUT2D eigenvalue weighted by molar-refractivity contribution is 5.93. The van der Waals surface area contributed by atoms with Crippen molar-refractivity contribution in [3.63, 3.8) is 0 Å². The van der Waals surface area contributed by atoms with Crippen molar-refractivity contribution in [2.24, 2.45) is 0 Å². The Balaban J connectivity index is 2.34. The number of fused-ring (bicyclic) bond motifs is 1. The van der Waals surface area contributed by atoms with Gasteiger partial charge in [-0.15, -0.1) is 0 Å². The first kappa shape index (κ1) is 12.4. The topological polar surface area (TPSA) is 56.5 Å². The molecule has 0 amide bonds. The number of rotatable bonds is 3. The predicted molar refractivity (Wildman–Crippen MR) is 67.7 cm³/mol. The second-order valence-corrected chi connectivity index (χ2v) is 4.13. The quantitative estimate of drug-likeness (QED) is 0.617. The summed E-state index contributed by atoms with van der Waals surface area (Å²) in [7, 11) is 0. The Kier molecular flexibility index (Phi) is 3.46. The van der Waals surface area contributed by atoms with Gasteiger partial charge in [-0.25, -0.2) is 9.59 Å². The third-order valence-electron chi connectivity index (χ3n) is 2.74. The van der Waals surface area contributed by atoms with Gasteiger partial charge in [0.1, 0.15) is 5.58 Å². The second-order valence-electron chi connectivity index (χ2n) is 4.13. The van der Waals surface area contributed by atoms with E-state index in [0.717, 1.165) is 11.8 Å². The normalized spacial score (nSPS) is 12.3. The van der Waals surface area contributed by atoms with Crippen molar-refractivity contribution >= 4 is 16.9 Å². The van der Waals surface area contributed by atoms with Crippen LogP contribution in [-0.4, -0.2) is 12.1 Å². The number of carbonyl (C=O) groups excluding carboxylic acids is 1. The molecule has 1 aromatic heterocycles. The zero-order chi connectivity index (χ0) is 13.1. The van der Waals surface area contributed by atoms with Gasteiger partial charge >= 0.3 is 11.6 Å². The summed E-state index contributed by atoms with van der Waals surface area (Å²) in [6.07, 6.45) is 0.630. The van der Waals surface area contributed by atoms with Crippen LogP contribution in [0.4, 0.5) is 0 Å². The third-order valence-corrected chi connectivity index (χ3v) is 2.74. The molecule has 1 heterocycles. The maximum absolute atomic E-state index is 11.8. The van der Waals surface area contributed by atoms with Gasteiger partial charge in [-0.1, -0.05) is 13.0 Å². The standard InChI is InChI=1S/C14H14O4/c1-3-9(2)17-14(16)11-5-4-10-6-7-13(15)18-12(10)8-11/h4-9H,3H2,1-2H3. The molecule has 0 saturated heterocycles. The Labute approximate surface area is 104 Å². The molecule has 0 aliphatic heterocycles. The van der Waals surface area contributed by atoms with E-state index in [-0.39, 0.29) is 6.10 Å². The van der Waals surface area contributed by atoms with E-state index in [1.807, 2.05) is 13.8 Å². The minimum atomic E-state index is -0.435. The minimum Gasteiger partial charge on any atom is -0.459 e. The van der Waals surface area contributed by atoms with Crippen LogP contribution in [0.3, 0.4) is 0 Å². The average Bonchev–Trinajstić information content (AvgIpc) is 2.37. The van der Waals surface area contributed by atoms with E-state index in [1.54, 1.807) is 18.2 Å². The molecule has 0 fully saturated rings. The number of hydrogen-bond acceptors (Lipinski definition) is 4. The van der Waals surface area contributed by atoms with E-state index >= 15 is 0 Å². The molecule has 0 N–H and O–H groups in total. The van der Waals surface area contributed by atoms with Crippen LogP contribution < -0.4 is 5.63 Å². The molecule has 94 valence electrons. The smallest absolute Gasteiger partial charge is 0.338 e. The Hall–Kier alpha value is -2.10. The molecular formula is C14H14O4. The van der Waals surface area contributed by atoms with Crippen LogP contribution in [0.5, 0.6) is 0 Å². The van der Waals surface area contributed by atoms with Crippen LogP contribution in [0.2, 0.25) is 0 Å². The summed E-state index contributed by atoms with van der Waals surface area (Å²) < 4.78 is 10.2. The second kappa shape index (κ2) is 5.04. The minimum absolute atomic E-state index is 0.129. The van der Waals surface area contributed by atoms with E-state index < -0.39 is 11.6 Å². The fraction of sp³-hybridized carbons (Fsp3) is 0.286. The molecule has 2 aromatic rings. The Morgan fingerprint density at radius 3 is 2.78 bits per heavy atom.